The molecule has 2 heterocycles. The fourth-order valence-electron chi connectivity index (χ4n) is 1.94. The molecule has 0 amide bonds. The average Bonchev–Trinajstić information content (AvgIpc) is 3.03. The van der Waals surface area contributed by atoms with Crippen LogP contribution >= 0.6 is 0 Å². The molecule has 19 heavy (non-hydrogen) atoms. The van der Waals surface area contributed by atoms with Gasteiger partial charge in [0.25, 0.3) is 5.89 Å². The number of fused-ring (bicyclic) bond motifs is 1. The molecule has 5 nitrogen and oxygen atoms in total. The zero-order valence-electron chi connectivity index (χ0n) is 10.9. The highest BCUT2D eigenvalue weighted by molar-refractivity contribution is 5.82. The second-order valence-corrected chi connectivity index (χ2v) is 4.62. The number of aromatic nitrogens is 2. The number of benzene rings is 1. The molecule has 0 radical (unpaired) electrons. The van der Waals surface area contributed by atoms with Gasteiger partial charge in [-0.15, -0.1) is 0 Å². The Labute approximate surface area is 110 Å². The van der Waals surface area contributed by atoms with E-state index in [2.05, 4.69) is 16.2 Å². The van der Waals surface area contributed by atoms with Crippen LogP contribution in [0.1, 0.15) is 30.8 Å². The largest absolute Gasteiger partial charge is 0.451 e. The highest BCUT2D eigenvalue weighted by Gasteiger charge is 2.16. The SMILES string of the molecule is CCC(N)c1noc(-c2cc3cc(C)ccc3o2)n1. The van der Waals surface area contributed by atoms with Crippen molar-refractivity contribution >= 4 is 11.0 Å². The molecule has 1 atom stereocenters. The highest BCUT2D eigenvalue weighted by Crippen LogP contribution is 2.28. The van der Waals surface area contributed by atoms with Gasteiger partial charge in [-0.25, -0.2) is 0 Å². The number of aryl methyl sites for hydroxylation is 1. The van der Waals surface area contributed by atoms with Gasteiger partial charge in [0.15, 0.2) is 11.6 Å². The van der Waals surface area contributed by atoms with Crippen LogP contribution in [0.3, 0.4) is 0 Å². The molecule has 1 unspecified atom stereocenters. The number of nitrogens with two attached hydrogens (primary N) is 1. The van der Waals surface area contributed by atoms with Gasteiger partial charge in [0, 0.05) is 5.39 Å². The molecule has 2 aromatic heterocycles. The van der Waals surface area contributed by atoms with Crippen LogP contribution in [0.2, 0.25) is 0 Å². The summed E-state index contributed by atoms with van der Waals surface area (Å²) in [5.74, 6) is 1.45. The number of nitrogens with zero attached hydrogens (tertiary/aromatic N) is 2. The summed E-state index contributed by atoms with van der Waals surface area (Å²) in [6.45, 7) is 4.02. The first kappa shape index (κ1) is 11.9. The lowest BCUT2D eigenvalue weighted by atomic mass is 10.2. The molecule has 2 N–H and O–H groups in total. The van der Waals surface area contributed by atoms with E-state index >= 15 is 0 Å². The number of hydrogen-bond donors (Lipinski definition) is 1. The third kappa shape index (κ3) is 2.13. The molecule has 0 bridgehead atoms. The van der Waals surface area contributed by atoms with E-state index in [9.17, 15) is 0 Å². The van der Waals surface area contributed by atoms with Gasteiger partial charge in [-0.1, -0.05) is 23.7 Å². The monoisotopic (exact) mass is 257 g/mol. The molecule has 0 aliphatic rings. The Kier molecular flexibility index (Phi) is 2.83. The topological polar surface area (TPSA) is 78.1 Å². The van der Waals surface area contributed by atoms with E-state index in [1.807, 2.05) is 32.0 Å². The molecule has 0 saturated carbocycles. The van der Waals surface area contributed by atoms with Crippen molar-refractivity contribution in [2.75, 3.05) is 0 Å². The van der Waals surface area contributed by atoms with E-state index < -0.39 is 0 Å². The normalized spacial score (nSPS) is 13.0. The lowest BCUT2D eigenvalue weighted by Gasteiger charge is -1.98. The standard InChI is InChI=1S/C14H15N3O2/c1-3-10(15)13-16-14(19-17-13)12-7-9-6-8(2)4-5-11(9)18-12/h4-7,10H,3,15H2,1-2H3. The summed E-state index contributed by atoms with van der Waals surface area (Å²) >= 11 is 0. The van der Waals surface area contributed by atoms with Crippen molar-refractivity contribution < 1.29 is 8.94 Å². The first-order valence-electron chi connectivity index (χ1n) is 6.27. The Hall–Kier alpha value is -2.14. The van der Waals surface area contributed by atoms with Crippen LogP contribution < -0.4 is 5.73 Å². The predicted octanol–water partition coefficient (Wildman–Crippen LogP) is 3.20. The summed E-state index contributed by atoms with van der Waals surface area (Å²) in [7, 11) is 0. The lowest BCUT2D eigenvalue weighted by Crippen LogP contribution is -2.10. The fourth-order valence-corrected chi connectivity index (χ4v) is 1.94. The van der Waals surface area contributed by atoms with Crippen LogP contribution in [0.15, 0.2) is 33.2 Å². The maximum absolute atomic E-state index is 5.87. The first-order chi connectivity index (χ1) is 9.17. The predicted molar refractivity (Wildman–Crippen MR) is 71.5 cm³/mol. The lowest BCUT2D eigenvalue weighted by molar-refractivity contribution is 0.405. The maximum atomic E-state index is 5.87. The summed E-state index contributed by atoms with van der Waals surface area (Å²) < 4.78 is 10.9. The van der Waals surface area contributed by atoms with Gasteiger partial charge < -0.3 is 14.7 Å². The smallest absolute Gasteiger partial charge is 0.293 e. The van der Waals surface area contributed by atoms with Gasteiger partial charge in [0.05, 0.1) is 6.04 Å². The van der Waals surface area contributed by atoms with Crippen molar-refractivity contribution in [3.8, 4) is 11.7 Å². The molecule has 3 aromatic rings. The second kappa shape index (κ2) is 4.51. The van der Waals surface area contributed by atoms with E-state index in [0.29, 0.717) is 17.5 Å². The molecule has 5 heteroatoms. The van der Waals surface area contributed by atoms with Crippen LogP contribution in [0.25, 0.3) is 22.6 Å². The molecular formula is C14H15N3O2. The van der Waals surface area contributed by atoms with E-state index in [4.69, 9.17) is 14.7 Å². The van der Waals surface area contributed by atoms with Crippen molar-refractivity contribution in [2.24, 2.45) is 5.73 Å². The Morgan fingerprint density at radius 3 is 2.95 bits per heavy atom. The summed E-state index contributed by atoms with van der Waals surface area (Å²) in [5, 5.41) is 4.90. The molecule has 0 aliphatic heterocycles. The first-order valence-corrected chi connectivity index (χ1v) is 6.27. The van der Waals surface area contributed by atoms with Crippen LogP contribution in [-0.2, 0) is 0 Å². The molecule has 1 aromatic carbocycles. The van der Waals surface area contributed by atoms with Gasteiger partial charge in [0.1, 0.15) is 5.58 Å². The molecule has 0 aliphatic carbocycles. The van der Waals surface area contributed by atoms with Gasteiger partial charge in [-0.05, 0) is 31.5 Å². The van der Waals surface area contributed by atoms with E-state index in [0.717, 1.165) is 17.4 Å². The Bertz CT molecular complexity index is 714. The fraction of sp³-hybridized carbons (Fsp3) is 0.286. The minimum Gasteiger partial charge on any atom is -0.451 e. The van der Waals surface area contributed by atoms with E-state index in [1.165, 1.54) is 5.56 Å². The summed E-state index contributed by atoms with van der Waals surface area (Å²) in [5.41, 5.74) is 7.85. The minimum absolute atomic E-state index is 0.205. The van der Waals surface area contributed by atoms with Gasteiger partial charge in [0.2, 0.25) is 0 Å². The zero-order chi connectivity index (χ0) is 13.4. The average molecular weight is 257 g/mol. The highest BCUT2D eigenvalue weighted by atomic mass is 16.5. The van der Waals surface area contributed by atoms with Crippen LogP contribution in [0.4, 0.5) is 0 Å². The van der Waals surface area contributed by atoms with Crippen molar-refractivity contribution in [3.05, 3.63) is 35.7 Å². The molecule has 0 spiro atoms. The Morgan fingerprint density at radius 1 is 1.32 bits per heavy atom. The Balaban J connectivity index is 2.01. The van der Waals surface area contributed by atoms with Crippen molar-refractivity contribution in [1.29, 1.82) is 0 Å². The summed E-state index contributed by atoms with van der Waals surface area (Å²) in [6.07, 6.45) is 0.762. The van der Waals surface area contributed by atoms with Gasteiger partial charge in [-0.2, -0.15) is 4.98 Å². The Morgan fingerprint density at radius 2 is 2.16 bits per heavy atom. The van der Waals surface area contributed by atoms with E-state index in [-0.39, 0.29) is 6.04 Å². The van der Waals surface area contributed by atoms with Gasteiger partial charge >= 0.3 is 0 Å². The maximum Gasteiger partial charge on any atom is 0.293 e. The number of rotatable bonds is 3. The summed E-state index contributed by atoms with van der Waals surface area (Å²) in [4.78, 5) is 4.27. The number of hydrogen-bond acceptors (Lipinski definition) is 5. The zero-order valence-corrected chi connectivity index (χ0v) is 10.9. The quantitative estimate of drug-likeness (QED) is 0.779. The molecular weight excluding hydrogens is 242 g/mol. The molecule has 0 fully saturated rings. The summed E-state index contributed by atoms with van der Waals surface area (Å²) in [6, 6.07) is 7.68. The molecule has 98 valence electrons. The van der Waals surface area contributed by atoms with E-state index in [1.54, 1.807) is 0 Å². The van der Waals surface area contributed by atoms with Crippen LogP contribution in [0.5, 0.6) is 0 Å². The minimum atomic E-state index is -0.205. The van der Waals surface area contributed by atoms with Gasteiger partial charge in [-0.3, -0.25) is 0 Å². The van der Waals surface area contributed by atoms with Crippen molar-refractivity contribution in [2.45, 2.75) is 26.3 Å². The second-order valence-electron chi connectivity index (χ2n) is 4.62. The number of furan rings is 1. The van der Waals surface area contributed by atoms with Crippen molar-refractivity contribution in [1.82, 2.24) is 10.1 Å². The van der Waals surface area contributed by atoms with Crippen LogP contribution in [0, 0.1) is 6.92 Å². The molecule has 0 saturated heterocycles. The molecule has 3 rings (SSSR count). The van der Waals surface area contributed by atoms with Crippen LogP contribution in [-0.4, -0.2) is 10.1 Å². The third-order valence-electron chi connectivity index (χ3n) is 3.10. The van der Waals surface area contributed by atoms with Crippen molar-refractivity contribution in [3.63, 3.8) is 0 Å². The third-order valence-corrected chi connectivity index (χ3v) is 3.10.